The van der Waals surface area contributed by atoms with Crippen LogP contribution in [0.25, 0.3) is 0 Å². The molecule has 0 saturated carbocycles. The summed E-state index contributed by atoms with van der Waals surface area (Å²) in [6.45, 7) is 8.02. The summed E-state index contributed by atoms with van der Waals surface area (Å²) >= 11 is 0. The van der Waals surface area contributed by atoms with Gasteiger partial charge in [0, 0.05) is 12.2 Å². The molecule has 0 fully saturated rings. The maximum Gasteiger partial charge on any atom is 0.335 e. The second kappa shape index (κ2) is 25.4. The molecule has 0 aliphatic rings. The van der Waals surface area contributed by atoms with Gasteiger partial charge in [0.1, 0.15) is 0 Å². The third-order valence-electron chi connectivity index (χ3n) is 9.03. The lowest BCUT2D eigenvalue weighted by Gasteiger charge is -2.33. The molecule has 0 spiro atoms. The van der Waals surface area contributed by atoms with Crippen molar-refractivity contribution in [1.82, 2.24) is 0 Å². The van der Waals surface area contributed by atoms with E-state index >= 15 is 0 Å². The first kappa shape index (κ1) is 36.7. The maximum absolute atomic E-state index is 11.0. The van der Waals surface area contributed by atoms with Crippen LogP contribution in [0.5, 0.6) is 0 Å². The van der Waals surface area contributed by atoms with Crippen molar-refractivity contribution in [3.05, 3.63) is 29.8 Å². The standard InChI is InChI=1S/C36H67NO2Si/c1-4-7-10-21-30-40(31-22-11-8-5-2,32-23-12-9-6-3)33-24-19-17-15-13-14-16-18-20-29-37-35-27-25-34(26-28-35)36(38)39/h25-28,37H,4-24,29-33H2,1-3H3,(H,38,39). The monoisotopic (exact) mass is 573 g/mol. The maximum atomic E-state index is 11.0. The fourth-order valence-electron chi connectivity index (χ4n) is 6.36. The summed E-state index contributed by atoms with van der Waals surface area (Å²) in [5, 5.41) is 12.4. The number of hydrogen-bond donors (Lipinski definition) is 2. The van der Waals surface area contributed by atoms with E-state index in [0.717, 1.165) is 12.2 Å². The molecule has 3 nitrogen and oxygen atoms in total. The zero-order valence-electron chi connectivity index (χ0n) is 27.0. The van der Waals surface area contributed by atoms with Crippen LogP contribution in [-0.4, -0.2) is 25.7 Å². The van der Waals surface area contributed by atoms with E-state index in [9.17, 15) is 4.79 Å². The summed E-state index contributed by atoms with van der Waals surface area (Å²) in [6.07, 6.45) is 29.8. The van der Waals surface area contributed by atoms with Gasteiger partial charge in [0.2, 0.25) is 0 Å². The Morgan fingerprint density at radius 1 is 0.550 bits per heavy atom. The van der Waals surface area contributed by atoms with E-state index in [-0.39, 0.29) is 0 Å². The highest BCUT2D eigenvalue weighted by Crippen LogP contribution is 2.35. The number of nitrogens with one attached hydrogen (secondary N) is 1. The van der Waals surface area contributed by atoms with E-state index in [4.69, 9.17) is 5.11 Å². The van der Waals surface area contributed by atoms with E-state index < -0.39 is 14.0 Å². The first-order chi connectivity index (χ1) is 19.6. The fraction of sp³-hybridized carbons (Fsp3) is 0.806. The molecule has 0 radical (unpaired) electrons. The first-order valence-electron chi connectivity index (χ1n) is 17.6. The highest BCUT2D eigenvalue weighted by atomic mass is 28.3. The minimum Gasteiger partial charge on any atom is -0.478 e. The van der Waals surface area contributed by atoms with Gasteiger partial charge in [-0.3, -0.25) is 0 Å². The molecule has 0 amide bonds. The molecule has 4 heteroatoms. The van der Waals surface area contributed by atoms with Crippen molar-refractivity contribution in [2.24, 2.45) is 0 Å². The van der Waals surface area contributed by atoms with Gasteiger partial charge in [-0.1, -0.05) is 173 Å². The molecule has 0 aliphatic carbocycles. The molecule has 0 unspecified atom stereocenters. The van der Waals surface area contributed by atoms with Crippen LogP contribution in [-0.2, 0) is 0 Å². The number of carboxylic acids is 1. The summed E-state index contributed by atoms with van der Waals surface area (Å²) in [5.74, 6) is -0.866. The smallest absolute Gasteiger partial charge is 0.335 e. The number of rotatable bonds is 29. The van der Waals surface area contributed by atoms with Crippen molar-refractivity contribution in [2.75, 3.05) is 11.9 Å². The molecule has 232 valence electrons. The topological polar surface area (TPSA) is 49.3 Å². The Kier molecular flexibility index (Phi) is 23.3. The van der Waals surface area contributed by atoms with Crippen molar-refractivity contribution in [2.45, 2.75) is 180 Å². The Balaban J connectivity index is 2.25. The lowest BCUT2D eigenvalue weighted by molar-refractivity contribution is 0.0697. The van der Waals surface area contributed by atoms with Gasteiger partial charge in [-0.05, 0) is 30.7 Å². The Morgan fingerprint density at radius 3 is 1.27 bits per heavy atom. The molecule has 40 heavy (non-hydrogen) atoms. The zero-order chi connectivity index (χ0) is 29.2. The number of anilines is 1. The molecular formula is C36H67NO2Si. The van der Waals surface area contributed by atoms with Crippen LogP contribution in [0, 0.1) is 0 Å². The third-order valence-corrected chi connectivity index (χ3v) is 14.7. The predicted octanol–water partition coefficient (Wildman–Crippen LogP) is 12.5. The van der Waals surface area contributed by atoms with Gasteiger partial charge < -0.3 is 10.4 Å². The molecule has 0 aromatic heterocycles. The second-order valence-corrected chi connectivity index (χ2v) is 17.7. The number of benzene rings is 1. The minimum atomic E-state index is -1.10. The van der Waals surface area contributed by atoms with Crippen LogP contribution < -0.4 is 5.32 Å². The number of unbranched alkanes of at least 4 members (excludes halogenated alkanes) is 17. The van der Waals surface area contributed by atoms with Gasteiger partial charge >= 0.3 is 5.97 Å². The van der Waals surface area contributed by atoms with Crippen LogP contribution in [0.1, 0.15) is 166 Å². The SMILES string of the molecule is CCCCCC[Si](CCCCCC)(CCCCCC)CCCCCCCCCCCNc1ccc(C(=O)O)cc1. The number of carboxylic acid groups (broad SMARTS) is 1. The second-order valence-electron chi connectivity index (χ2n) is 12.7. The molecule has 0 heterocycles. The predicted molar refractivity (Wildman–Crippen MR) is 181 cm³/mol. The molecule has 0 atom stereocenters. The van der Waals surface area contributed by atoms with Crippen LogP contribution in [0.3, 0.4) is 0 Å². The summed E-state index contributed by atoms with van der Waals surface area (Å²) in [4.78, 5) is 11.0. The number of hydrogen-bond acceptors (Lipinski definition) is 2. The van der Waals surface area contributed by atoms with Crippen LogP contribution in [0.4, 0.5) is 5.69 Å². The third kappa shape index (κ3) is 18.9. The fourth-order valence-corrected chi connectivity index (χ4v) is 11.9. The van der Waals surface area contributed by atoms with E-state index in [0.29, 0.717) is 5.56 Å². The molecule has 0 saturated heterocycles. The lowest BCUT2D eigenvalue weighted by Crippen LogP contribution is -2.34. The normalized spacial score (nSPS) is 11.7. The van der Waals surface area contributed by atoms with Gasteiger partial charge in [0.25, 0.3) is 0 Å². The van der Waals surface area contributed by atoms with Crippen molar-refractivity contribution < 1.29 is 9.90 Å². The van der Waals surface area contributed by atoms with Crippen molar-refractivity contribution in [3.63, 3.8) is 0 Å². The van der Waals surface area contributed by atoms with Crippen LogP contribution >= 0.6 is 0 Å². The zero-order valence-corrected chi connectivity index (χ0v) is 28.0. The van der Waals surface area contributed by atoms with Gasteiger partial charge in [0.05, 0.1) is 13.6 Å². The molecule has 1 rings (SSSR count). The van der Waals surface area contributed by atoms with Gasteiger partial charge in [-0.2, -0.15) is 0 Å². The molecule has 1 aromatic rings. The van der Waals surface area contributed by atoms with Crippen molar-refractivity contribution >= 4 is 19.7 Å². The Morgan fingerprint density at radius 2 is 0.900 bits per heavy atom. The van der Waals surface area contributed by atoms with Gasteiger partial charge in [0.15, 0.2) is 0 Å². The number of carbonyl (C=O) groups is 1. The highest BCUT2D eigenvalue weighted by molar-refractivity contribution is 6.79. The lowest BCUT2D eigenvalue weighted by atomic mass is 10.1. The molecule has 2 N–H and O–H groups in total. The molecule has 0 bridgehead atoms. The summed E-state index contributed by atoms with van der Waals surface area (Å²) in [6, 6.07) is 13.6. The van der Waals surface area contributed by atoms with Crippen LogP contribution in [0.15, 0.2) is 24.3 Å². The Labute approximate surface area is 250 Å². The molecule has 1 aromatic carbocycles. The van der Waals surface area contributed by atoms with Gasteiger partial charge in [-0.15, -0.1) is 0 Å². The summed E-state index contributed by atoms with van der Waals surface area (Å²) in [5.41, 5.74) is 1.36. The van der Waals surface area contributed by atoms with E-state index in [1.807, 2.05) is 12.1 Å². The highest BCUT2D eigenvalue weighted by Gasteiger charge is 2.30. The van der Waals surface area contributed by atoms with E-state index in [1.54, 1.807) is 36.3 Å². The average Bonchev–Trinajstić information content (AvgIpc) is 2.96. The minimum absolute atomic E-state index is 0.346. The molecule has 0 aliphatic heterocycles. The summed E-state index contributed by atoms with van der Waals surface area (Å²) in [7, 11) is -1.10. The average molecular weight is 574 g/mol. The quantitative estimate of drug-likeness (QED) is 0.0740. The van der Waals surface area contributed by atoms with E-state index in [2.05, 4.69) is 26.1 Å². The van der Waals surface area contributed by atoms with Gasteiger partial charge in [-0.25, -0.2) is 4.79 Å². The van der Waals surface area contributed by atoms with Crippen LogP contribution in [0.2, 0.25) is 24.2 Å². The van der Waals surface area contributed by atoms with Crippen molar-refractivity contribution in [1.29, 1.82) is 0 Å². The van der Waals surface area contributed by atoms with E-state index in [1.165, 1.54) is 135 Å². The number of aromatic carboxylic acids is 1. The Hall–Kier alpha value is -1.29. The summed E-state index contributed by atoms with van der Waals surface area (Å²) < 4.78 is 0. The largest absolute Gasteiger partial charge is 0.478 e. The first-order valence-corrected chi connectivity index (χ1v) is 20.5. The Bertz CT molecular complexity index is 674. The molecular weight excluding hydrogens is 506 g/mol. The van der Waals surface area contributed by atoms with Crippen molar-refractivity contribution in [3.8, 4) is 0 Å².